The largest absolute Gasteiger partial charge is 0.493 e. The van der Waals surface area contributed by atoms with Gasteiger partial charge in [-0.15, -0.1) is 0 Å². The van der Waals surface area contributed by atoms with Gasteiger partial charge in [-0.05, 0) is 192 Å². The number of nitro benzene ring substituents is 2. The SMILES string of the molecule is C.C=C(C)C(=O)NC(C)C.CC(C)NC(=O)C(=O)Cc1ccccc1[N+](=O)[O-].CC(C)NC(=O)C(=O)Cc1ccccc1[N+](=O)[O-].CC(C)NC(=O)C(=O)c1c[nH]c2ccccc12.CC(C)NC(=O)C(=O)c1ccccc1.CC(C)NC(=O)C(=O)c1ccco1.COc1ccc(/C=C/C(=O)C(=O)NC(C)C)cc1OC.CSCCC(=O)C(=O)NC(C)C.Cc1ccc(CC(=O)C(=O)NC(C)C)cc1. The number of Topliss-reactive ketones (excluding diaryl/α,β-unsaturated/α-hetero) is 7. The smallest absolute Gasteiger partial charge is 0.295 e. The van der Waals surface area contributed by atoms with Crippen molar-refractivity contribution in [2.45, 2.75) is 226 Å². The van der Waals surface area contributed by atoms with Crippen LogP contribution < -0.4 is 57.3 Å². The number of ether oxygens (including phenoxy) is 2. The van der Waals surface area contributed by atoms with Crippen LogP contribution in [0, 0.1) is 27.2 Å². The van der Waals surface area contributed by atoms with Crippen LogP contribution in [0.2, 0.25) is 0 Å². The molecule has 0 saturated carbocycles. The lowest BCUT2D eigenvalue weighted by molar-refractivity contribution is -0.385. The quantitative estimate of drug-likeness (QED) is 0.00573. The van der Waals surface area contributed by atoms with Crippen LogP contribution in [0.1, 0.15) is 204 Å². The van der Waals surface area contributed by atoms with Crippen LogP contribution in [0.5, 0.6) is 11.5 Å². The van der Waals surface area contributed by atoms with Gasteiger partial charge in [-0.25, -0.2) is 0 Å². The van der Waals surface area contributed by atoms with Gasteiger partial charge in [0.25, 0.3) is 70.2 Å². The molecule has 0 aliphatic heterocycles. The van der Waals surface area contributed by atoms with Crippen molar-refractivity contribution < 1.29 is 105 Å². The van der Waals surface area contributed by atoms with Crippen molar-refractivity contribution in [3.05, 3.63) is 253 Å². The molecular formula is C101H134N12O24S. The van der Waals surface area contributed by atoms with Gasteiger partial charge in [-0.3, -0.25) is 102 Å². The number of nitrogens with zero attached hydrogens (tertiary/aromatic N) is 2. The Morgan fingerprint density at radius 1 is 0.428 bits per heavy atom. The van der Waals surface area contributed by atoms with Crippen LogP contribution in [0.25, 0.3) is 17.0 Å². The number of para-hydroxylation sites is 3. The summed E-state index contributed by atoms with van der Waals surface area (Å²) >= 11 is 1.57. The van der Waals surface area contributed by atoms with Crippen molar-refractivity contribution in [1.29, 1.82) is 0 Å². The highest BCUT2D eigenvalue weighted by Crippen LogP contribution is 2.28. The molecular weight excluding hydrogens is 1800 g/mol. The van der Waals surface area contributed by atoms with E-state index in [9.17, 15) is 102 Å². The minimum atomic E-state index is -0.719. The number of fused-ring (bicyclic) bond motifs is 1. The topological polar surface area (TPSA) is 532 Å². The average Bonchev–Trinajstić information content (AvgIpc) is 1.66. The zero-order chi connectivity index (χ0) is 104. The van der Waals surface area contributed by atoms with E-state index >= 15 is 0 Å². The number of nitrogens with one attached hydrogen (secondary N) is 10. The van der Waals surface area contributed by atoms with Crippen LogP contribution >= 0.6 is 11.8 Å². The molecule has 0 saturated heterocycles. The molecule has 36 nitrogen and oxygen atoms in total. The number of aromatic amines is 1. The highest BCUT2D eigenvalue weighted by atomic mass is 32.2. The van der Waals surface area contributed by atoms with E-state index in [0.717, 1.165) is 27.6 Å². The summed E-state index contributed by atoms with van der Waals surface area (Å²) in [7, 11) is 3.08. The second-order valence-corrected chi connectivity index (χ2v) is 33.5. The first-order valence-corrected chi connectivity index (χ1v) is 44.9. The molecule has 0 radical (unpaired) electrons. The fourth-order valence-electron chi connectivity index (χ4n) is 10.4. The zero-order valence-electron chi connectivity index (χ0n) is 81.9. The molecule has 8 aromatic rings. The number of benzene rings is 6. The molecule has 2 aromatic heterocycles. The molecule has 6 aromatic carbocycles. The number of carbonyl (C=O) groups is 17. The van der Waals surface area contributed by atoms with E-state index in [4.69, 9.17) is 13.9 Å². The van der Waals surface area contributed by atoms with Gasteiger partial charge < -0.3 is 66.7 Å². The standard InChI is InChI=1S/C15H19NO4.C13H14N2O2.C13H17NO2.2C12H14N2O4.C11H13NO2.C9H11NO3.C8H15NO2S.C7H13NO.CH4/c1-10(2)16-15(18)12(17)7-5-11-6-8-13(19-3)14(9-11)20-4;1-8(2)15-13(17)12(16)10-7-14-11-6-4-3-5-9(10)11;1-9(2)14-13(16)12(15)8-11-6-4-10(3)5-7-11;2*1-8(2)13-12(16)11(15)7-9-5-3-4-6-10(9)14(17)18;1-8(2)12-11(14)10(13)9-6-4-3-5-7-9;1-6(2)10-9(12)8(11)7-4-3-5-13-7;1-6(2)9-8(11)7(10)4-5-12-3;1-5(2)7(9)8-6(3)4;/h5-10H,1-4H3,(H,16,18);3-8,14H,1-2H3,(H,15,17);4-7,9H,8H2,1-3H3,(H,14,16);2*3-6,8H,7H2,1-2H3,(H,13,16);3-8H,1-2H3,(H,12,14);3-6H,1-2H3,(H,10,12);6H,4-5H2,1-3H3,(H,9,11);6H,1H2,2-4H3,(H,8,9);1H4/b7-5+;;;;;;;;;. The number of hydrogen-bond donors (Lipinski definition) is 10. The van der Waals surface area contributed by atoms with Gasteiger partial charge in [-0.2, -0.15) is 11.8 Å². The molecule has 8 rings (SSSR count). The maximum Gasteiger partial charge on any atom is 0.295 e. The van der Waals surface area contributed by atoms with E-state index in [1.54, 1.807) is 160 Å². The Morgan fingerprint density at radius 3 is 1.20 bits per heavy atom. The summed E-state index contributed by atoms with van der Waals surface area (Å²) < 4.78 is 15.1. The lowest BCUT2D eigenvalue weighted by Gasteiger charge is -2.07. The first-order chi connectivity index (χ1) is 64.2. The highest BCUT2D eigenvalue weighted by Gasteiger charge is 2.26. The molecule has 0 bridgehead atoms. The summed E-state index contributed by atoms with van der Waals surface area (Å²) in [5.41, 5.74) is 5.19. The third kappa shape index (κ3) is 52.6. The van der Waals surface area contributed by atoms with Crippen molar-refractivity contribution in [1.82, 2.24) is 52.8 Å². The Morgan fingerprint density at radius 2 is 0.804 bits per heavy atom. The van der Waals surface area contributed by atoms with Gasteiger partial charge in [0.05, 0.1) is 35.9 Å². The van der Waals surface area contributed by atoms with E-state index in [1.807, 2.05) is 131 Å². The fraction of sp³-hybridized carbons (Fsp3) is 0.376. The first-order valence-electron chi connectivity index (χ1n) is 43.5. The van der Waals surface area contributed by atoms with Crippen LogP contribution in [0.3, 0.4) is 0 Å². The van der Waals surface area contributed by atoms with Gasteiger partial charge in [0.1, 0.15) is 0 Å². The Kier molecular flexibility index (Phi) is 60.9. The molecule has 748 valence electrons. The number of carbonyl (C=O) groups excluding carboxylic acids is 17. The van der Waals surface area contributed by atoms with Crippen molar-refractivity contribution in [2.24, 2.45) is 0 Å². The predicted molar refractivity (Wildman–Crippen MR) is 533 cm³/mol. The number of ketones is 8. The normalized spacial score (nSPS) is 10.1. The minimum Gasteiger partial charge on any atom is -0.493 e. The summed E-state index contributed by atoms with van der Waals surface area (Å²) in [5.74, 6) is -7.18. The monoisotopic (exact) mass is 1930 g/mol. The molecule has 0 unspecified atom stereocenters. The van der Waals surface area contributed by atoms with E-state index in [0.29, 0.717) is 40.4 Å². The third-order valence-corrected chi connectivity index (χ3v) is 17.2. The Labute approximate surface area is 810 Å². The lowest BCUT2D eigenvalue weighted by atomic mass is 10.1. The molecule has 9 amide bonds. The molecule has 37 heteroatoms. The molecule has 0 spiro atoms. The van der Waals surface area contributed by atoms with Crippen molar-refractivity contribution in [3.8, 4) is 11.5 Å². The molecule has 0 aliphatic carbocycles. The molecule has 0 atom stereocenters. The number of aromatic nitrogens is 1. The molecule has 2 heterocycles. The Balaban J connectivity index is 0. The van der Waals surface area contributed by atoms with E-state index in [2.05, 4.69) is 59.4 Å². The van der Waals surface area contributed by atoms with Crippen molar-refractivity contribution >= 4 is 140 Å². The van der Waals surface area contributed by atoms with Crippen LogP contribution in [0.4, 0.5) is 11.4 Å². The van der Waals surface area contributed by atoms with Gasteiger partial charge in [-0.1, -0.05) is 141 Å². The van der Waals surface area contributed by atoms with Gasteiger partial charge in [0, 0.05) is 137 Å². The van der Waals surface area contributed by atoms with Crippen molar-refractivity contribution in [2.75, 3.05) is 26.2 Å². The number of nitro groups is 2. The van der Waals surface area contributed by atoms with Crippen LogP contribution in [0.15, 0.2) is 193 Å². The molecule has 0 aliphatic rings. The van der Waals surface area contributed by atoms with Gasteiger partial charge in [0.2, 0.25) is 40.6 Å². The summed E-state index contributed by atoms with van der Waals surface area (Å²) in [6.45, 7) is 39.7. The number of furan rings is 1. The number of amides is 9. The Bertz CT molecular complexity index is 5310. The summed E-state index contributed by atoms with van der Waals surface area (Å²) in [5, 5.41) is 45.2. The highest BCUT2D eigenvalue weighted by molar-refractivity contribution is 7.98. The van der Waals surface area contributed by atoms with Crippen LogP contribution in [-0.2, 0) is 86.4 Å². The van der Waals surface area contributed by atoms with Gasteiger partial charge >= 0.3 is 0 Å². The molecule has 0 fully saturated rings. The molecule has 138 heavy (non-hydrogen) atoms. The third-order valence-electron chi connectivity index (χ3n) is 16.6. The minimum absolute atomic E-state index is 0. The summed E-state index contributed by atoms with van der Waals surface area (Å²) in [6, 6.07) is 43.3. The zero-order valence-corrected chi connectivity index (χ0v) is 82.7. The first kappa shape index (κ1) is 125. The number of methoxy groups -OCH3 is 2. The number of rotatable bonds is 36. The molecule has 10 N–H and O–H groups in total. The van der Waals surface area contributed by atoms with E-state index in [-0.39, 0.29) is 121 Å². The second kappa shape index (κ2) is 67.2. The van der Waals surface area contributed by atoms with Crippen LogP contribution in [-0.4, -0.2) is 195 Å². The number of hydrogen-bond acceptors (Lipinski definition) is 25. The summed E-state index contributed by atoms with van der Waals surface area (Å²) in [4.78, 5) is 217. The van der Waals surface area contributed by atoms with E-state index < -0.39 is 97.6 Å². The van der Waals surface area contributed by atoms with E-state index in [1.165, 1.54) is 61.9 Å². The summed E-state index contributed by atoms with van der Waals surface area (Å²) in [6.07, 6.45) is 7.60. The lowest BCUT2D eigenvalue weighted by Crippen LogP contribution is -2.36. The fourth-order valence-corrected chi connectivity index (χ4v) is 10.8. The maximum absolute atomic E-state index is 11.9. The van der Waals surface area contributed by atoms with Crippen molar-refractivity contribution in [3.63, 3.8) is 0 Å². The number of aryl methyl sites for hydroxylation is 1. The predicted octanol–water partition coefficient (Wildman–Crippen LogP) is 12.7. The Hall–Kier alpha value is -15.0. The van der Waals surface area contributed by atoms with Gasteiger partial charge in [0.15, 0.2) is 17.3 Å². The number of H-pyrrole nitrogens is 1. The second-order valence-electron chi connectivity index (χ2n) is 32.5. The average molecular weight is 1930 g/mol. The number of thioether (sulfide) groups is 1. The maximum atomic E-state index is 11.9.